The van der Waals surface area contributed by atoms with Crippen molar-refractivity contribution in [1.29, 1.82) is 5.26 Å². The van der Waals surface area contributed by atoms with Crippen molar-refractivity contribution in [2.24, 2.45) is 0 Å². The number of amides is 3. The number of pyridine rings is 2. The van der Waals surface area contributed by atoms with Crippen LogP contribution in [0.2, 0.25) is 0 Å². The highest BCUT2D eigenvalue weighted by Crippen LogP contribution is 2.29. The number of aldehydes is 1. The van der Waals surface area contributed by atoms with E-state index in [0.717, 1.165) is 12.1 Å². The molecule has 1 fully saturated rings. The van der Waals surface area contributed by atoms with E-state index >= 15 is 0 Å². The van der Waals surface area contributed by atoms with Crippen molar-refractivity contribution >= 4 is 29.9 Å². The molecule has 4 heterocycles. The molecular weight excluding hydrogens is 469 g/mol. The fourth-order valence-corrected chi connectivity index (χ4v) is 4.22. The van der Waals surface area contributed by atoms with Crippen molar-refractivity contribution in [3.05, 3.63) is 40.7 Å². The Labute approximate surface area is 207 Å². The first kappa shape index (κ1) is 25.0. The summed E-state index contributed by atoms with van der Waals surface area (Å²) in [6, 6.07) is 4.60. The first-order valence-corrected chi connectivity index (χ1v) is 11.5. The molecule has 0 bridgehead atoms. The van der Waals surface area contributed by atoms with Crippen LogP contribution >= 0.6 is 0 Å². The van der Waals surface area contributed by atoms with Gasteiger partial charge in [-0.15, -0.1) is 0 Å². The van der Waals surface area contributed by atoms with E-state index in [4.69, 9.17) is 4.74 Å². The normalized spacial score (nSPS) is 15.8. The van der Waals surface area contributed by atoms with E-state index in [-0.39, 0.29) is 41.9 Å². The molecule has 0 spiro atoms. The summed E-state index contributed by atoms with van der Waals surface area (Å²) < 4.78 is 17.7. The van der Waals surface area contributed by atoms with E-state index in [1.165, 1.54) is 17.2 Å². The number of urea groups is 1. The summed E-state index contributed by atoms with van der Waals surface area (Å²) in [5.41, 5.74) is 1.75. The van der Waals surface area contributed by atoms with E-state index in [0.29, 0.717) is 50.1 Å². The van der Waals surface area contributed by atoms with Crippen molar-refractivity contribution in [2.75, 3.05) is 56.7 Å². The smallest absolute Gasteiger partial charge is 0.328 e. The zero-order valence-electron chi connectivity index (χ0n) is 19.9. The fourth-order valence-electron chi connectivity index (χ4n) is 4.22. The second-order valence-electron chi connectivity index (χ2n) is 8.59. The van der Waals surface area contributed by atoms with Crippen molar-refractivity contribution in [1.82, 2.24) is 19.8 Å². The minimum Gasteiger partial charge on any atom is -0.489 e. The van der Waals surface area contributed by atoms with Crippen LogP contribution in [0, 0.1) is 11.3 Å². The largest absolute Gasteiger partial charge is 0.489 e. The molecule has 188 valence electrons. The number of alkyl halides is 1. The maximum atomic E-state index is 13.1. The van der Waals surface area contributed by atoms with E-state index in [2.05, 4.69) is 15.3 Å². The van der Waals surface area contributed by atoms with E-state index in [1.807, 2.05) is 24.1 Å². The summed E-state index contributed by atoms with van der Waals surface area (Å²) in [6.07, 6.45) is 3.23. The van der Waals surface area contributed by atoms with Crippen LogP contribution in [0.3, 0.4) is 0 Å². The van der Waals surface area contributed by atoms with Gasteiger partial charge < -0.3 is 9.64 Å². The molecule has 12 heteroatoms. The predicted octanol–water partition coefficient (Wildman–Crippen LogP) is 1.77. The number of nitriles is 1. The number of aromatic nitrogens is 2. The third-order valence-corrected chi connectivity index (χ3v) is 6.06. The number of carbonyl (C=O) groups excluding carboxylic acids is 3. The molecule has 1 N–H and O–H groups in total. The maximum absolute atomic E-state index is 13.1. The lowest BCUT2D eigenvalue weighted by Gasteiger charge is -2.33. The third kappa shape index (κ3) is 5.41. The highest BCUT2D eigenvalue weighted by atomic mass is 19.1. The highest BCUT2D eigenvalue weighted by Gasteiger charge is 2.28. The minimum atomic E-state index is -0.727. The molecule has 0 aliphatic carbocycles. The molecule has 2 aromatic rings. The first-order valence-electron chi connectivity index (χ1n) is 11.5. The number of aryl methyl sites for hydroxylation is 1. The summed E-state index contributed by atoms with van der Waals surface area (Å²) in [5, 5.41) is 11.8. The Morgan fingerprint density at radius 2 is 2.17 bits per heavy atom. The third-order valence-electron chi connectivity index (χ3n) is 6.06. The molecule has 2 aliphatic rings. The molecule has 0 aromatic carbocycles. The van der Waals surface area contributed by atoms with Crippen LogP contribution in [0.1, 0.15) is 33.6 Å². The number of carbonyl (C=O) groups is 3. The molecule has 2 aromatic heterocycles. The van der Waals surface area contributed by atoms with E-state index < -0.39 is 12.7 Å². The SMILES string of the molecule is CN1CCN(Cc2cc3c(nc2C=O)N(C(=O)Nc2cc(OCCF)c(C#N)cn2)CCC3)C(=O)C1. The first-order chi connectivity index (χ1) is 17.4. The van der Waals surface area contributed by atoms with Gasteiger partial charge >= 0.3 is 6.03 Å². The standard InChI is InChI=1S/C24H26FN7O4/c1-30-6-7-31(22(34)14-30)13-17-9-16-3-2-5-32(23(16)28-19(17)15-33)24(35)29-21-10-20(36-8-4-25)18(11-26)12-27-21/h9-10,12,15H,2-8,13-14H2,1H3,(H,27,29,35). The molecule has 36 heavy (non-hydrogen) atoms. The van der Waals surface area contributed by atoms with Crippen LogP contribution in [0.25, 0.3) is 0 Å². The molecule has 0 saturated carbocycles. The molecule has 3 amide bonds. The number of likely N-dealkylation sites (N-methyl/N-ethyl adjacent to an activating group) is 1. The minimum absolute atomic E-state index is 0.0101. The second kappa shape index (κ2) is 11.1. The number of nitrogens with zero attached hydrogens (tertiary/aromatic N) is 6. The second-order valence-corrected chi connectivity index (χ2v) is 8.59. The van der Waals surface area contributed by atoms with Crippen molar-refractivity contribution in [3.8, 4) is 11.8 Å². The summed E-state index contributed by atoms with van der Waals surface area (Å²) in [7, 11) is 1.89. The number of nitrogens with one attached hydrogen (secondary N) is 1. The number of rotatable bonds is 7. The van der Waals surface area contributed by atoms with Gasteiger partial charge in [0, 0.05) is 37.8 Å². The molecule has 4 rings (SSSR count). The monoisotopic (exact) mass is 495 g/mol. The van der Waals surface area contributed by atoms with Gasteiger partial charge in [0.25, 0.3) is 0 Å². The van der Waals surface area contributed by atoms with Gasteiger partial charge in [-0.1, -0.05) is 0 Å². The van der Waals surface area contributed by atoms with Gasteiger partial charge in [-0.05, 0) is 31.5 Å². The number of hydrogen-bond donors (Lipinski definition) is 1. The predicted molar refractivity (Wildman–Crippen MR) is 128 cm³/mol. The number of ether oxygens (including phenoxy) is 1. The fraction of sp³-hybridized carbons (Fsp3) is 0.417. The average Bonchev–Trinajstić information content (AvgIpc) is 2.88. The van der Waals surface area contributed by atoms with Crippen LogP contribution < -0.4 is 15.0 Å². The van der Waals surface area contributed by atoms with Crippen LogP contribution in [0.4, 0.5) is 20.8 Å². The Morgan fingerprint density at radius 3 is 2.89 bits per heavy atom. The van der Waals surface area contributed by atoms with Crippen LogP contribution in [-0.2, 0) is 17.8 Å². The number of piperazine rings is 1. The van der Waals surface area contributed by atoms with Crippen molar-refractivity contribution in [2.45, 2.75) is 19.4 Å². The number of halogens is 1. The van der Waals surface area contributed by atoms with E-state index in [1.54, 1.807) is 4.90 Å². The summed E-state index contributed by atoms with van der Waals surface area (Å²) in [4.78, 5) is 51.0. The molecule has 2 aliphatic heterocycles. The number of hydrogen-bond acceptors (Lipinski definition) is 8. The Kier molecular flexibility index (Phi) is 7.70. The Hall–Kier alpha value is -4.11. The molecule has 0 unspecified atom stereocenters. The van der Waals surface area contributed by atoms with Gasteiger partial charge in [-0.25, -0.2) is 19.2 Å². The molecular formula is C24H26FN7O4. The Balaban J connectivity index is 1.55. The quantitative estimate of drug-likeness (QED) is 0.575. The summed E-state index contributed by atoms with van der Waals surface area (Å²) >= 11 is 0. The van der Waals surface area contributed by atoms with Gasteiger partial charge in [-0.2, -0.15) is 5.26 Å². The number of fused-ring (bicyclic) bond motifs is 1. The van der Waals surface area contributed by atoms with Gasteiger partial charge in [0.15, 0.2) is 6.29 Å². The maximum Gasteiger partial charge on any atom is 0.328 e. The molecule has 0 radical (unpaired) electrons. The van der Waals surface area contributed by atoms with Crippen molar-refractivity contribution in [3.63, 3.8) is 0 Å². The van der Waals surface area contributed by atoms with Crippen molar-refractivity contribution < 1.29 is 23.5 Å². The van der Waals surface area contributed by atoms with Gasteiger partial charge in [0.05, 0.1) is 12.7 Å². The van der Waals surface area contributed by atoms with Crippen LogP contribution in [0.15, 0.2) is 18.3 Å². The lowest BCUT2D eigenvalue weighted by molar-refractivity contribution is -0.136. The summed E-state index contributed by atoms with van der Waals surface area (Å²) in [5.74, 6) is 0.603. The highest BCUT2D eigenvalue weighted by molar-refractivity contribution is 6.01. The molecule has 11 nitrogen and oxygen atoms in total. The van der Waals surface area contributed by atoms with Gasteiger partial charge in [-0.3, -0.25) is 24.7 Å². The van der Waals surface area contributed by atoms with Crippen LogP contribution in [-0.4, -0.2) is 84.5 Å². The topological polar surface area (TPSA) is 132 Å². The van der Waals surface area contributed by atoms with Gasteiger partial charge in [0.1, 0.15) is 48.0 Å². The van der Waals surface area contributed by atoms with Crippen LogP contribution in [0.5, 0.6) is 5.75 Å². The molecule has 1 saturated heterocycles. The molecule has 0 atom stereocenters. The zero-order valence-corrected chi connectivity index (χ0v) is 19.9. The zero-order chi connectivity index (χ0) is 25.7. The number of anilines is 2. The summed E-state index contributed by atoms with van der Waals surface area (Å²) in [6.45, 7) is 1.34. The Morgan fingerprint density at radius 1 is 1.33 bits per heavy atom. The van der Waals surface area contributed by atoms with E-state index in [9.17, 15) is 24.0 Å². The average molecular weight is 496 g/mol. The Bertz CT molecular complexity index is 1220. The lowest BCUT2D eigenvalue weighted by atomic mass is 10.0. The lowest BCUT2D eigenvalue weighted by Crippen LogP contribution is -2.48. The van der Waals surface area contributed by atoms with Gasteiger partial charge in [0.2, 0.25) is 5.91 Å².